The fourth-order valence-corrected chi connectivity index (χ4v) is 1.55. The van der Waals surface area contributed by atoms with E-state index in [1.807, 2.05) is 6.92 Å². The zero-order chi connectivity index (χ0) is 14.8. The molecule has 6 nitrogen and oxygen atoms in total. The van der Waals surface area contributed by atoms with Crippen LogP contribution >= 0.6 is 0 Å². The van der Waals surface area contributed by atoms with Gasteiger partial charge in [0.15, 0.2) is 0 Å². The second kappa shape index (κ2) is 8.92. The van der Waals surface area contributed by atoms with Gasteiger partial charge < -0.3 is 20.7 Å². The molecular formula is C14H21N3O3. The molecule has 0 spiro atoms. The summed E-state index contributed by atoms with van der Waals surface area (Å²) in [4.78, 5) is 23.1. The summed E-state index contributed by atoms with van der Waals surface area (Å²) < 4.78 is 5.19. The van der Waals surface area contributed by atoms with Crippen LogP contribution in [-0.4, -0.2) is 38.7 Å². The average Bonchev–Trinajstić information content (AvgIpc) is 2.47. The van der Waals surface area contributed by atoms with Gasteiger partial charge in [-0.25, -0.2) is 4.79 Å². The van der Waals surface area contributed by atoms with Crippen molar-refractivity contribution in [1.29, 1.82) is 0 Å². The van der Waals surface area contributed by atoms with Crippen LogP contribution in [0.15, 0.2) is 24.3 Å². The van der Waals surface area contributed by atoms with Crippen LogP contribution in [0.5, 0.6) is 0 Å². The minimum Gasteiger partial charge on any atom is -0.382 e. The molecule has 1 rings (SSSR count). The first-order chi connectivity index (χ1) is 9.67. The summed E-state index contributed by atoms with van der Waals surface area (Å²) in [6, 6.07) is 6.46. The molecule has 3 amide bonds. The second-order valence-corrected chi connectivity index (χ2v) is 4.09. The van der Waals surface area contributed by atoms with Crippen molar-refractivity contribution in [3.8, 4) is 0 Å². The zero-order valence-electron chi connectivity index (χ0n) is 11.9. The van der Waals surface area contributed by atoms with E-state index in [-0.39, 0.29) is 11.9 Å². The van der Waals surface area contributed by atoms with E-state index in [1.165, 1.54) is 7.05 Å². The number of nitrogens with one attached hydrogen (secondary N) is 3. The highest BCUT2D eigenvalue weighted by Gasteiger charge is 2.06. The van der Waals surface area contributed by atoms with Gasteiger partial charge in [-0.15, -0.1) is 0 Å². The van der Waals surface area contributed by atoms with E-state index < -0.39 is 0 Å². The first-order valence-electron chi connectivity index (χ1n) is 6.62. The van der Waals surface area contributed by atoms with E-state index in [0.717, 1.165) is 6.42 Å². The second-order valence-electron chi connectivity index (χ2n) is 4.09. The minimum atomic E-state index is -0.320. The molecule has 0 aromatic heterocycles. The number of amides is 3. The highest BCUT2D eigenvalue weighted by Crippen LogP contribution is 2.10. The van der Waals surface area contributed by atoms with Crippen molar-refractivity contribution < 1.29 is 14.3 Å². The summed E-state index contributed by atoms with van der Waals surface area (Å²) in [7, 11) is 1.53. The molecule has 0 heterocycles. The van der Waals surface area contributed by atoms with E-state index >= 15 is 0 Å². The van der Waals surface area contributed by atoms with Gasteiger partial charge >= 0.3 is 6.03 Å². The normalized spacial score (nSPS) is 9.90. The molecule has 0 saturated heterocycles. The topological polar surface area (TPSA) is 79.5 Å². The molecule has 110 valence electrons. The van der Waals surface area contributed by atoms with Gasteiger partial charge in [-0.2, -0.15) is 0 Å². The summed E-state index contributed by atoms with van der Waals surface area (Å²) in [5.41, 5.74) is 1.08. The Morgan fingerprint density at radius 2 is 2.10 bits per heavy atom. The van der Waals surface area contributed by atoms with Crippen LogP contribution < -0.4 is 16.0 Å². The maximum atomic E-state index is 11.9. The van der Waals surface area contributed by atoms with E-state index in [4.69, 9.17) is 4.74 Å². The van der Waals surface area contributed by atoms with Crippen molar-refractivity contribution >= 4 is 17.6 Å². The number of anilines is 1. The third kappa shape index (κ3) is 5.71. The van der Waals surface area contributed by atoms with Crippen LogP contribution in [0, 0.1) is 0 Å². The summed E-state index contributed by atoms with van der Waals surface area (Å²) in [5, 5.41) is 7.88. The number of ether oxygens (including phenoxy) is 1. The number of benzene rings is 1. The summed E-state index contributed by atoms with van der Waals surface area (Å²) >= 11 is 0. The van der Waals surface area contributed by atoms with Crippen molar-refractivity contribution in [2.24, 2.45) is 0 Å². The number of rotatable bonds is 7. The molecule has 0 aliphatic rings. The van der Waals surface area contributed by atoms with Crippen molar-refractivity contribution in [2.45, 2.75) is 13.3 Å². The van der Waals surface area contributed by atoms with Gasteiger partial charge in [0.25, 0.3) is 5.91 Å². The molecule has 0 aliphatic carbocycles. The van der Waals surface area contributed by atoms with E-state index in [1.54, 1.807) is 24.3 Å². The predicted molar refractivity (Wildman–Crippen MR) is 78.0 cm³/mol. The molecule has 0 bridgehead atoms. The van der Waals surface area contributed by atoms with Gasteiger partial charge in [0.1, 0.15) is 0 Å². The van der Waals surface area contributed by atoms with Gasteiger partial charge in [-0.05, 0) is 31.5 Å². The smallest absolute Gasteiger partial charge is 0.318 e. The Labute approximate surface area is 118 Å². The Morgan fingerprint density at radius 1 is 1.30 bits per heavy atom. The van der Waals surface area contributed by atoms with Crippen LogP contribution in [0.2, 0.25) is 0 Å². The molecule has 0 unspecified atom stereocenters. The summed E-state index contributed by atoms with van der Waals surface area (Å²) in [6.07, 6.45) is 0.774. The number of hydrogen-bond acceptors (Lipinski definition) is 3. The van der Waals surface area contributed by atoms with E-state index in [9.17, 15) is 9.59 Å². The van der Waals surface area contributed by atoms with Gasteiger partial charge in [0, 0.05) is 38.1 Å². The highest BCUT2D eigenvalue weighted by molar-refractivity contribution is 5.96. The first kappa shape index (κ1) is 16.0. The van der Waals surface area contributed by atoms with Crippen LogP contribution in [0.4, 0.5) is 10.5 Å². The molecule has 0 fully saturated rings. The van der Waals surface area contributed by atoms with Gasteiger partial charge in [0.2, 0.25) is 0 Å². The average molecular weight is 279 g/mol. The van der Waals surface area contributed by atoms with Crippen LogP contribution in [0.25, 0.3) is 0 Å². The number of urea groups is 1. The van der Waals surface area contributed by atoms with Crippen LogP contribution in [-0.2, 0) is 4.74 Å². The van der Waals surface area contributed by atoms with Crippen LogP contribution in [0.3, 0.4) is 0 Å². The number of carbonyl (C=O) groups is 2. The van der Waals surface area contributed by atoms with Crippen molar-refractivity contribution in [3.63, 3.8) is 0 Å². The monoisotopic (exact) mass is 279 g/mol. The molecule has 0 saturated carbocycles. The van der Waals surface area contributed by atoms with Gasteiger partial charge in [0.05, 0.1) is 0 Å². The Kier molecular flexibility index (Phi) is 7.13. The largest absolute Gasteiger partial charge is 0.382 e. The quantitative estimate of drug-likeness (QED) is 0.663. The van der Waals surface area contributed by atoms with Crippen molar-refractivity contribution in [1.82, 2.24) is 10.6 Å². The molecular weight excluding hydrogens is 258 g/mol. The summed E-state index contributed by atoms with van der Waals surface area (Å²) in [6.45, 7) is 3.81. The Morgan fingerprint density at radius 3 is 2.80 bits per heavy atom. The fraction of sp³-hybridized carbons (Fsp3) is 0.429. The van der Waals surface area contributed by atoms with E-state index in [0.29, 0.717) is 31.0 Å². The van der Waals surface area contributed by atoms with Crippen molar-refractivity contribution in [3.05, 3.63) is 29.8 Å². The molecule has 20 heavy (non-hydrogen) atoms. The fourth-order valence-electron chi connectivity index (χ4n) is 1.55. The van der Waals surface area contributed by atoms with Crippen LogP contribution in [0.1, 0.15) is 23.7 Å². The zero-order valence-corrected chi connectivity index (χ0v) is 11.9. The maximum Gasteiger partial charge on any atom is 0.318 e. The molecule has 6 heteroatoms. The lowest BCUT2D eigenvalue weighted by molar-refractivity contribution is 0.0944. The number of hydrogen-bond donors (Lipinski definition) is 3. The number of carbonyl (C=O) groups excluding carboxylic acids is 2. The molecule has 0 radical (unpaired) electrons. The SMILES string of the molecule is CCOCCCNC(=O)c1cccc(NC(=O)NC)c1. The highest BCUT2D eigenvalue weighted by atomic mass is 16.5. The molecule has 0 aliphatic heterocycles. The lowest BCUT2D eigenvalue weighted by atomic mass is 10.2. The molecule has 1 aromatic carbocycles. The predicted octanol–water partition coefficient (Wildman–Crippen LogP) is 1.59. The Hall–Kier alpha value is -2.08. The lowest BCUT2D eigenvalue weighted by Crippen LogP contribution is -2.26. The lowest BCUT2D eigenvalue weighted by Gasteiger charge is -2.08. The molecule has 0 atom stereocenters. The molecule has 3 N–H and O–H groups in total. The van der Waals surface area contributed by atoms with Gasteiger partial charge in [-0.1, -0.05) is 6.07 Å². The third-order valence-corrected chi connectivity index (χ3v) is 2.56. The minimum absolute atomic E-state index is 0.165. The maximum absolute atomic E-state index is 11.9. The van der Waals surface area contributed by atoms with Crippen molar-refractivity contribution in [2.75, 3.05) is 32.1 Å². The Bertz CT molecular complexity index is 449. The summed E-state index contributed by atoms with van der Waals surface area (Å²) in [5.74, 6) is -0.165. The molecule has 1 aromatic rings. The van der Waals surface area contributed by atoms with E-state index in [2.05, 4.69) is 16.0 Å². The standard InChI is InChI=1S/C14H21N3O3/c1-3-20-9-5-8-16-13(18)11-6-4-7-12(10-11)17-14(19)15-2/h4,6-7,10H,3,5,8-9H2,1-2H3,(H,16,18)(H2,15,17,19). The van der Waals surface area contributed by atoms with Gasteiger partial charge in [-0.3, -0.25) is 4.79 Å². The third-order valence-electron chi connectivity index (χ3n) is 2.56. The first-order valence-corrected chi connectivity index (χ1v) is 6.62. The Balaban J connectivity index is 2.47.